The average molecular weight is 581 g/mol. The average Bonchev–Trinajstić information content (AvgIpc) is 3.10. The minimum Gasteiger partial charge on any atom is -0.497 e. The number of ether oxygens (including phenoxy) is 1. The van der Waals surface area contributed by atoms with Crippen LogP contribution in [0, 0.1) is 13.8 Å². The third-order valence-corrected chi connectivity index (χ3v) is 6.82. The molecule has 0 aliphatic carbocycles. The fourth-order valence-corrected chi connectivity index (χ4v) is 4.61. The summed E-state index contributed by atoms with van der Waals surface area (Å²) >= 11 is 8.96. The van der Waals surface area contributed by atoms with E-state index in [2.05, 4.69) is 26.7 Å². The molecule has 1 aliphatic heterocycles. The number of benzene rings is 3. The highest BCUT2D eigenvalue weighted by atomic mass is 79.9. The van der Waals surface area contributed by atoms with Crippen molar-refractivity contribution in [1.82, 2.24) is 10.4 Å². The van der Waals surface area contributed by atoms with Gasteiger partial charge in [-0.15, -0.1) is 0 Å². The van der Waals surface area contributed by atoms with E-state index in [1.807, 2.05) is 32.0 Å². The second-order valence-corrected chi connectivity index (χ2v) is 9.84. The van der Waals surface area contributed by atoms with E-state index in [0.29, 0.717) is 22.7 Å². The number of aryl methyl sites for hydroxylation is 2. The van der Waals surface area contributed by atoms with Gasteiger partial charge in [-0.2, -0.15) is 0 Å². The molecule has 4 rings (SSSR count). The van der Waals surface area contributed by atoms with Gasteiger partial charge in [0.25, 0.3) is 11.8 Å². The quantitative estimate of drug-likeness (QED) is 0.392. The van der Waals surface area contributed by atoms with Crippen LogP contribution in [0.1, 0.15) is 27.9 Å². The van der Waals surface area contributed by atoms with Gasteiger partial charge in [0, 0.05) is 15.7 Å². The first-order valence-electron chi connectivity index (χ1n) is 11.4. The van der Waals surface area contributed by atoms with E-state index in [9.17, 15) is 14.4 Å². The number of rotatable bonds is 7. The summed E-state index contributed by atoms with van der Waals surface area (Å²) in [6, 6.07) is 18.2. The van der Waals surface area contributed by atoms with Gasteiger partial charge in [0.15, 0.2) is 0 Å². The van der Waals surface area contributed by atoms with Gasteiger partial charge in [-0.05, 0) is 86.2 Å². The molecule has 1 heterocycles. The molecule has 0 saturated carbocycles. The first-order valence-corrected chi connectivity index (χ1v) is 12.6. The van der Waals surface area contributed by atoms with Gasteiger partial charge in [0.1, 0.15) is 11.8 Å². The van der Waals surface area contributed by atoms with Gasteiger partial charge in [-0.25, -0.2) is 5.01 Å². The van der Waals surface area contributed by atoms with Crippen molar-refractivity contribution in [3.63, 3.8) is 0 Å². The Bertz CT molecular complexity index is 1360. The van der Waals surface area contributed by atoms with Crippen LogP contribution in [0.2, 0.25) is 0 Å². The Hall–Kier alpha value is -3.76. The first-order chi connectivity index (χ1) is 17.7. The molecule has 0 bridgehead atoms. The molecule has 3 aromatic carbocycles. The minimum atomic E-state index is -1.04. The van der Waals surface area contributed by atoms with Crippen molar-refractivity contribution in [3.05, 3.63) is 87.9 Å². The lowest BCUT2D eigenvalue weighted by Gasteiger charge is -2.24. The summed E-state index contributed by atoms with van der Waals surface area (Å²) in [6.45, 7) is 3.87. The Morgan fingerprint density at radius 1 is 1.03 bits per heavy atom. The standard InChI is InChI=1S/C27H25BrN4O4S/c1-16-4-13-22(17(2)14-16)29-24(33)15-23-26(35)31(20-9-11-21(36-3)12-10-20)27(37)32(23)30-25(34)18-5-7-19(28)8-6-18/h4-14,23H,15H2,1-3H3,(H,29,33)(H,30,34). The minimum absolute atomic E-state index is 0.0601. The molecule has 1 atom stereocenters. The number of hydrogen-bond acceptors (Lipinski definition) is 5. The normalized spacial score (nSPS) is 15.1. The molecule has 1 saturated heterocycles. The summed E-state index contributed by atoms with van der Waals surface area (Å²) in [5.74, 6) is -0.653. The summed E-state index contributed by atoms with van der Waals surface area (Å²) in [4.78, 5) is 40.9. The monoisotopic (exact) mass is 580 g/mol. The van der Waals surface area contributed by atoms with Crippen molar-refractivity contribution >= 4 is 62.4 Å². The molecule has 8 nitrogen and oxygen atoms in total. The summed E-state index contributed by atoms with van der Waals surface area (Å²) in [5.41, 5.74) is 6.23. The maximum absolute atomic E-state index is 13.6. The number of thiocarbonyl (C=S) groups is 1. The highest BCUT2D eigenvalue weighted by molar-refractivity contribution is 9.10. The van der Waals surface area contributed by atoms with E-state index in [0.717, 1.165) is 15.6 Å². The van der Waals surface area contributed by atoms with Gasteiger partial charge in [0.05, 0.1) is 19.2 Å². The molecule has 2 N–H and O–H groups in total. The third-order valence-electron chi connectivity index (χ3n) is 5.91. The largest absolute Gasteiger partial charge is 0.497 e. The van der Waals surface area contributed by atoms with Crippen molar-refractivity contribution in [2.24, 2.45) is 0 Å². The lowest BCUT2D eigenvalue weighted by molar-refractivity contribution is -0.124. The Morgan fingerprint density at radius 2 is 1.70 bits per heavy atom. The SMILES string of the molecule is COc1ccc(N2C(=O)C(CC(=O)Nc3ccc(C)cc3C)N(NC(=O)c3ccc(Br)cc3)C2=S)cc1. The number of halogens is 1. The van der Waals surface area contributed by atoms with Crippen LogP contribution in [0.3, 0.4) is 0 Å². The first kappa shape index (κ1) is 26.3. The van der Waals surface area contributed by atoms with Crippen molar-refractivity contribution in [1.29, 1.82) is 0 Å². The summed E-state index contributed by atoms with van der Waals surface area (Å²) < 4.78 is 6.03. The van der Waals surface area contributed by atoms with Gasteiger partial charge in [0.2, 0.25) is 11.0 Å². The van der Waals surface area contributed by atoms with E-state index < -0.39 is 17.9 Å². The fraction of sp³-hybridized carbons (Fsp3) is 0.185. The zero-order valence-corrected chi connectivity index (χ0v) is 22.9. The number of methoxy groups -OCH3 is 1. The van der Waals surface area contributed by atoms with Crippen molar-refractivity contribution in [3.8, 4) is 5.75 Å². The smallest absolute Gasteiger partial charge is 0.269 e. The second kappa shape index (κ2) is 11.1. The van der Waals surface area contributed by atoms with Crippen LogP contribution in [0.25, 0.3) is 0 Å². The number of hydrazine groups is 1. The molecule has 0 aromatic heterocycles. The molecule has 1 aliphatic rings. The summed E-state index contributed by atoms with van der Waals surface area (Å²) in [6.07, 6.45) is -0.223. The molecule has 1 unspecified atom stereocenters. The van der Waals surface area contributed by atoms with E-state index in [4.69, 9.17) is 17.0 Å². The zero-order chi connectivity index (χ0) is 26.7. The molecule has 1 fully saturated rings. The Kier molecular flexibility index (Phi) is 7.89. The molecule has 3 amide bonds. The van der Waals surface area contributed by atoms with Gasteiger partial charge < -0.3 is 10.1 Å². The van der Waals surface area contributed by atoms with Crippen LogP contribution in [0.4, 0.5) is 11.4 Å². The molecule has 10 heteroatoms. The highest BCUT2D eigenvalue weighted by Gasteiger charge is 2.45. The van der Waals surface area contributed by atoms with Crippen molar-refractivity contribution in [2.75, 3.05) is 17.3 Å². The molecule has 3 aromatic rings. The predicted molar refractivity (Wildman–Crippen MR) is 149 cm³/mol. The third kappa shape index (κ3) is 5.81. The maximum atomic E-state index is 13.6. The molecular weight excluding hydrogens is 556 g/mol. The summed E-state index contributed by atoms with van der Waals surface area (Å²) in [7, 11) is 1.55. The van der Waals surface area contributed by atoms with E-state index in [1.165, 1.54) is 9.91 Å². The number of carbonyl (C=O) groups is 3. The number of hydrogen-bond donors (Lipinski definition) is 2. The van der Waals surface area contributed by atoms with E-state index >= 15 is 0 Å². The van der Waals surface area contributed by atoms with Gasteiger partial charge >= 0.3 is 0 Å². The number of amides is 3. The Labute approximate surface area is 228 Å². The fourth-order valence-electron chi connectivity index (χ4n) is 3.97. The van der Waals surface area contributed by atoms with Gasteiger partial charge in [-0.1, -0.05) is 33.6 Å². The molecule has 37 heavy (non-hydrogen) atoms. The molecular formula is C27H25BrN4O4S. The van der Waals surface area contributed by atoms with Crippen LogP contribution in [-0.2, 0) is 9.59 Å². The van der Waals surface area contributed by atoms with Crippen LogP contribution in [-0.4, -0.2) is 41.0 Å². The lowest BCUT2D eigenvalue weighted by atomic mass is 10.1. The number of nitrogens with one attached hydrogen (secondary N) is 2. The molecule has 0 spiro atoms. The maximum Gasteiger partial charge on any atom is 0.269 e. The molecule has 190 valence electrons. The van der Waals surface area contributed by atoms with Gasteiger partial charge in [-0.3, -0.25) is 24.7 Å². The van der Waals surface area contributed by atoms with Crippen LogP contribution >= 0.6 is 28.1 Å². The second-order valence-electron chi connectivity index (χ2n) is 8.56. The van der Waals surface area contributed by atoms with Crippen LogP contribution in [0.5, 0.6) is 5.75 Å². The molecule has 0 radical (unpaired) electrons. The number of carbonyl (C=O) groups excluding carboxylic acids is 3. The van der Waals surface area contributed by atoms with E-state index in [1.54, 1.807) is 55.6 Å². The van der Waals surface area contributed by atoms with Crippen molar-refractivity contribution in [2.45, 2.75) is 26.3 Å². The van der Waals surface area contributed by atoms with Crippen molar-refractivity contribution < 1.29 is 19.1 Å². The topological polar surface area (TPSA) is 91.0 Å². The summed E-state index contributed by atoms with van der Waals surface area (Å²) in [5, 5.41) is 4.21. The van der Waals surface area contributed by atoms with E-state index in [-0.39, 0.29) is 17.4 Å². The highest BCUT2D eigenvalue weighted by Crippen LogP contribution is 2.28. The Balaban J connectivity index is 1.61. The Morgan fingerprint density at radius 3 is 2.32 bits per heavy atom. The predicted octanol–water partition coefficient (Wildman–Crippen LogP) is 4.75. The van der Waals surface area contributed by atoms with Crippen LogP contribution in [0.15, 0.2) is 71.2 Å². The number of anilines is 2. The lowest BCUT2D eigenvalue weighted by Crippen LogP contribution is -2.49. The number of nitrogens with zero attached hydrogens (tertiary/aromatic N) is 2. The van der Waals surface area contributed by atoms with Crippen LogP contribution < -0.4 is 20.4 Å². The zero-order valence-electron chi connectivity index (χ0n) is 20.4.